The van der Waals surface area contributed by atoms with Crippen LogP contribution in [0.2, 0.25) is 0 Å². The summed E-state index contributed by atoms with van der Waals surface area (Å²) in [6.45, 7) is 3.82. The van der Waals surface area contributed by atoms with E-state index in [9.17, 15) is 0 Å². The molecule has 0 saturated carbocycles. The predicted molar refractivity (Wildman–Crippen MR) is 83.1 cm³/mol. The van der Waals surface area contributed by atoms with E-state index in [1.807, 2.05) is 0 Å². The predicted octanol–water partition coefficient (Wildman–Crippen LogP) is 3.97. The summed E-state index contributed by atoms with van der Waals surface area (Å²) in [4.78, 5) is 0. The largest absolute Gasteiger partial charge is 0.382 e. The molecule has 2 aromatic rings. The summed E-state index contributed by atoms with van der Waals surface area (Å²) in [6.07, 6.45) is 2.27. The van der Waals surface area contributed by atoms with E-state index < -0.39 is 0 Å². The molecule has 0 radical (unpaired) electrons. The first kappa shape index (κ1) is 13.2. The summed E-state index contributed by atoms with van der Waals surface area (Å²) in [5, 5.41) is 3.48. The van der Waals surface area contributed by atoms with Gasteiger partial charge < -0.3 is 10.1 Å². The summed E-state index contributed by atoms with van der Waals surface area (Å²) < 4.78 is 5.91. The van der Waals surface area contributed by atoms with Gasteiger partial charge >= 0.3 is 0 Å². The average Bonchev–Trinajstić information content (AvgIpc) is 2.53. The lowest BCUT2D eigenvalue weighted by atomic mass is 9.97. The van der Waals surface area contributed by atoms with E-state index in [0.29, 0.717) is 0 Å². The molecule has 0 spiro atoms. The van der Waals surface area contributed by atoms with Crippen molar-refractivity contribution in [3.63, 3.8) is 0 Å². The van der Waals surface area contributed by atoms with E-state index in [1.54, 1.807) is 0 Å². The Kier molecular flexibility index (Phi) is 4.03. The Balaban J connectivity index is 1.66. The zero-order valence-electron chi connectivity index (χ0n) is 11.9. The fourth-order valence-electron chi connectivity index (χ4n) is 2.71. The fourth-order valence-corrected chi connectivity index (χ4v) is 2.71. The molecule has 0 bridgehead atoms. The molecule has 20 heavy (non-hydrogen) atoms. The van der Waals surface area contributed by atoms with Gasteiger partial charge in [-0.15, -0.1) is 0 Å². The van der Waals surface area contributed by atoms with Gasteiger partial charge in [-0.05, 0) is 41.7 Å². The molecule has 1 unspecified atom stereocenters. The highest BCUT2D eigenvalue weighted by Gasteiger charge is 2.19. The first-order valence-corrected chi connectivity index (χ1v) is 7.39. The van der Waals surface area contributed by atoms with Crippen molar-refractivity contribution in [1.29, 1.82) is 0 Å². The zero-order valence-corrected chi connectivity index (χ0v) is 11.9. The van der Waals surface area contributed by atoms with Crippen LogP contribution in [0.25, 0.3) is 0 Å². The minimum atomic E-state index is 0.158. The highest BCUT2D eigenvalue weighted by molar-refractivity contribution is 5.45. The molecule has 2 aromatic carbocycles. The van der Waals surface area contributed by atoms with Gasteiger partial charge in [0.25, 0.3) is 0 Å². The first-order valence-electron chi connectivity index (χ1n) is 7.39. The molecular weight excluding hydrogens is 246 g/mol. The Morgan fingerprint density at radius 3 is 2.70 bits per heavy atom. The minimum absolute atomic E-state index is 0.158. The summed E-state index contributed by atoms with van der Waals surface area (Å²) >= 11 is 0. The van der Waals surface area contributed by atoms with Gasteiger partial charge in [0.1, 0.15) is 0 Å². The van der Waals surface area contributed by atoms with Crippen molar-refractivity contribution in [2.45, 2.75) is 25.9 Å². The SMILES string of the molecule is CCc1ccc(NCC2OCCc3ccccc32)cc1. The number of rotatable bonds is 4. The molecule has 3 rings (SSSR count). The van der Waals surface area contributed by atoms with E-state index in [0.717, 1.165) is 31.7 Å². The number of aryl methyl sites for hydroxylation is 1. The Morgan fingerprint density at radius 1 is 1.10 bits per heavy atom. The number of anilines is 1. The van der Waals surface area contributed by atoms with Crippen molar-refractivity contribution >= 4 is 5.69 Å². The topological polar surface area (TPSA) is 21.3 Å². The van der Waals surface area contributed by atoms with Crippen LogP contribution < -0.4 is 5.32 Å². The normalized spacial score (nSPS) is 17.6. The standard InChI is InChI=1S/C18H21NO/c1-2-14-7-9-16(10-8-14)19-13-18-17-6-4-3-5-15(17)11-12-20-18/h3-10,18-19H,2,11-13H2,1H3. The van der Waals surface area contributed by atoms with Gasteiger partial charge in [-0.25, -0.2) is 0 Å². The number of fused-ring (bicyclic) bond motifs is 1. The number of ether oxygens (including phenoxy) is 1. The highest BCUT2D eigenvalue weighted by atomic mass is 16.5. The lowest BCUT2D eigenvalue weighted by Crippen LogP contribution is -2.22. The van der Waals surface area contributed by atoms with Gasteiger partial charge in [-0.3, -0.25) is 0 Å². The molecule has 2 heteroatoms. The van der Waals surface area contributed by atoms with Crippen molar-refractivity contribution < 1.29 is 4.74 Å². The third-order valence-corrected chi connectivity index (χ3v) is 3.95. The Hall–Kier alpha value is -1.80. The minimum Gasteiger partial charge on any atom is -0.382 e. The number of hydrogen-bond acceptors (Lipinski definition) is 2. The Bertz CT molecular complexity index is 562. The third-order valence-electron chi connectivity index (χ3n) is 3.95. The maximum atomic E-state index is 5.91. The van der Waals surface area contributed by atoms with Crippen LogP contribution in [0.3, 0.4) is 0 Å². The summed E-state index contributed by atoms with van der Waals surface area (Å²) in [6, 6.07) is 17.2. The van der Waals surface area contributed by atoms with Crippen molar-refractivity contribution in [3.8, 4) is 0 Å². The maximum absolute atomic E-state index is 5.91. The molecule has 0 saturated heterocycles. The van der Waals surface area contributed by atoms with Gasteiger partial charge in [0.15, 0.2) is 0 Å². The van der Waals surface area contributed by atoms with Gasteiger partial charge in [0, 0.05) is 12.2 Å². The highest BCUT2D eigenvalue weighted by Crippen LogP contribution is 2.27. The van der Waals surface area contributed by atoms with Crippen molar-refractivity contribution in [2.24, 2.45) is 0 Å². The van der Waals surface area contributed by atoms with Crippen LogP contribution in [-0.4, -0.2) is 13.2 Å². The van der Waals surface area contributed by atoms with Crippen LogP contribution in [0.5, 0.6) is 0 Å². The van der Waals surface area contributed by atoms with Crippen molar-refractivity contribution in [2.75, 3.05) is 18.5 Å². The van der Waals surface area contributed by atoms with Crippen LogP contribution >= 0.6 is 0 Å². The molecule has 1 aliphatic rings. The maximum Gasteiger partial charge on any atom is 0.0999 e. The second-order valence-corrected chi connectivity index (χ2v) is 5.24. The van der Waals surface area contributed by atoms with Gasteiger partial charge in [-0.2, -0.15) is 0 Å². The summed E-state index contributed by atoms with van der Waals surface area (Å²) in [5.74, 6) is 0. The van der Waals surface area contributed by atoms with E-state index in [2.05, 4.69) is 60.8 Å². The van der Waals surface area contributed by atoms with Gasteiger partial charge in [0.05, 0.1) is 12.7 Å². The molecule has 0 aliphatic carbocycles. The molecular formula is C18H21NO. The quantitative estimate of drug-likeness (QED) is 0.905. The Morgan fingerprint density at radius 2 is 1.90 bits per heavy atom. The molecule has 1 N–H and O–H groups in total. The molecule has 2 nitrogen and oxygen atoms in total. The first-order chi connectivity index (χ1) is 9.86. The van der Waals surface area contributed by atoms with Crippen molar-refractivity contribution in [1.82, 2.24) is 0 Å². The molecule has 0 aromatic heterocycles. The molecule has 1 aliphatic heterocycles. The van der Waals surface area contributed by atoms with E-state index >= 15 is 0 Å². The van der Waals surface area contributed by atoms with Crippen molar-refractivity contribution in [3.05, 3.63) is 65.2 Å². The molecule has 0 fully saturated rings. The molecule has 0 amide bonds. The second-order valence-electron chi connectivity index (χ2n) is 5.24. The lowest BCUT2D eigenvalue weighted by Gasteiger charge is -2.26. The number of hydrogen-bond donors (Lipinski definition) is 1. The smallest absolute Gasteiger partial charge is 0.0999 e. The van der Waals surface area contributed by atoms with E-state index in [-0.39, 0.29) is 6.10 Å². The van der Waals surface area contributed by atoms with Gasteiger partial charge in [0.2, 0.25) is 0 Å². The van der Waals surface area contributed by atoms with Crippen LogP contribution in [0.1, 0.15) is 29.7 Å². The lowest BCUT2D eigenvalue weighted by molar-refractivity contribution is 0.0513. The fraction of sp³-hybridized carbons (Fsp3) is 0.333. The second kappa shape index (κ2) is 6.10. The average molecular weight is 267 g/mol. The van der Waals surface area contributed by atoms with Crippen LogP contribution in [0, 0.1) is 0 Å². The summed E-state index contributed by atoms with van der Waals surface area (Å²) in [5.41, 5.74) is 5.28. The zero-order chi connectivity index (χ0) is 13.8. The van der Waals surface area contributed by atoms with E-state index in [4.69, 9.17) is 4.74 Å². The van der Waals surface area contributed by atoms with E-state index in [1.165, 1.54) is 16.7 Å². The third kappa shape index (κ3) is 2.86. The number of nitrogens with one attached hydrogen (secondary N) is 1. The van der Waals surface area contributed by atoms with Crippen LogP contribution in [-0.2, 0) is 17.6 Å². The van der Waals surface area contributed by atoms with Crippen LogP contribution in [0.15, 0.2) is 48.5 Å². The van der Waals surface area contributed by atoms with Gasteiger partial charge in [-0.1, -0.05) is 43.3 Å². The molecule has 1 atom stereocenters. The monoisotopic (exact) mass is 267 g/mol. The molecule has 104 valence electrons. The Labute approximate surface area is 120 Å². The number of benzene rings is 2. The summed E-state index contributed by atoms with van der Waals surface area (Å²) in [7, 11) is 0. The molecule has 1 heterocycles. The van der Waals surface area contributed by atoms with Crippen LogP contribution in [0.4, 0.5) is 5.69 Å².